The molecule has 2 nitrogen and oxygen atoms in total. The maximum atomic E-state index is 11.3. The van der Waals surface area contributed by atoms with Gasteiger partial charge in [0.15, 0.2) is 9.84 Å². The first-order chi connectivity index (χ1) is 6.80. The molecule has 0 saturated heterocycles. The van der Waals surface area contributed by atoms with E-state index in [0.29, 0.717) is 10.9 Å². The minimum atomic E-state index is -3.15. The fourth-order valence-electron chi connectivity index (χ4n) is 1.36. The summed E-state index contributed by atoms with van der Waals surface area (Å²) in [6.07, 6.45) is 2.05. The molecule has 0 fully saturated rings. The zero-order valence-electron chi connectivity index (χ0n) is 9.12. The topological polar surface area (TPSA) is 34.1 Å². The number of hydrogen-bond donors (Lipinski definition) is 0. The molecule has 84 valence electrons. The molecule has 0 atom stereocenters. The normalized spacial score (nSPS) is 12.1. The lowest BCUT2D eigenvalue weighted by molar-refractivity contribution is 0.601. The second-order valence-corrected chi connectivity index (χ2v) is 6.55. The molecule has 0 bridgehead atoms. The van der Waals surface area contributed by atoms with Crippen molar-refractivity contribution in [2.45, 2.75) is 25.2 Å². The predicted molar refractivity (Wildman–Crippen MR) is 63.1 cm³/mol. The van der Waals surface area contributed by atoms with Gasteiger partial charge in [0, 0.05) is 11.3 Å². The van der Waals surface area contributed by atoms with Crippen LogP contribution in [0.25, 0.3) is 0 Å². The van der Waals surface area contributed by atoms with E-state index in [2.05, 4.69) is 13.8 Å². The molecule has 1 aromatic rings. The van der Waals surface area contributed by atoms with Gasteiger partial charge in [0.25, 0.3) is 0 Å². The maximum Gasteiger partial charge on any atom is 0.175 e. The Kier molecular flexibility index (Phi) is 3.79. The summed E-state index contributed by atoms with van der Waals surface area (Å²) in [5.41, 5.74) is 0.999. The van der Waals surface area contributed by atoms with Crippen molar-refractivity contribution in [3.05, 3.63) is 28.8 Å². The van der Waals surface area contributed by atoms with Crippen LogP contribution in [-0.4, -0.2) is 14.7 Å². The van der Waals surface area contributed by atoms with Crippen LogP contribution in [0.2, 0.25) is 5.02 Å². The molecule has 15 heavy (non-hydrogen) atoms. The van der Waals surface area contributed by atoms with Gasteiger partial charge in [-0.1, -0.05) is 31.5 Å². The molecule has 0 aliphatic heterocycles. The van der Waals surface area contributed by atoms with Crippen LogP contribution in [0.3, 0.4) is 0 Å². The van der Waals surface area contributed by atoms with Gasteiger partial charge in [-0.15, -0.1) is 0 Å². The third kappa shape index (κ3) is 3.50. The smallest absolute Gasteiger partial charge is 0.175 e. The Morgan fingerprint density at radius 3 is 2.33 bits per heavy atom. The number of halogens is 1. The highest BCUT2D eigenvalue weighted by molar-refractivity contribution is 7.90. The van der Waals surface area contributed by atoms with Crippen LogP contribution in [0.1, 0.15) is 19.4 Å². The molecule has 0 heterocycles. The lowest BCUT2D eigenvalue weighted by atomic mass is 10.0. The summed E-state index contributed by atoms with van der Waals surface area (Å²) in [5.74, 6) is 0.506. The van der Waals surface area contributed by atoms with Crippen LogP contribution in [0.15, 0.2) is 23.1 Å². The van der Waals surface area contributed by atoms with Gasteiger partial charge in [0.2, 0.25) is 0 Å². The molecule has 0 aromatic heterocycles. The summed E-state index contributed by atoms with van der Waals surface area (Å²) in [7, 11) is -3.15. The van der Waals surface area contributed by atoms with E-state index in [1.807, 2.05) is 0 Å². The summed E-state index contributed by atoms with van der Waals surface area (Å²) in [5, 5.41) is 0.534. The third-order valence-corrected chi connectivity index (χ3v) is 3.54. The molecular formula is C11H15ClO2S. The molecule has 0 amide bonds. The van der Waals surface area contributed by atoms with E-state index in [-0.39, 0.29) is 4.90 Å². The first-order valence-electron chi connectivity index (χ1n) is 4.79. The van der Waals surface area contributed by atoms with E-state index in [1.54, 1.807) is 12.1 Å². The Morgan fingerprint density at radius 2 is 1.93 bits per heavy atom. The van der Waals surface area contributed by atoms with Crippen LogP contribution < -0.4 is 0 Å². The van der Waals surface area contributed by atoms with Crippen LogP contribution >= 0.6 is 11.6 Å². The minimum Gasteiger partial charge on any atom is -0.224 e. The van der Waals surface area contributed by atoms with E-state index in [0.717, 1.165) is 12.0 Å². The maximum absolute atomic E-state index is 11.3. The summed E-state index contributed by atoms with van der Waals surface area (Å²) < 4.78 is 22.5. The van der Waals surface area contributed by atoms with Crippen molar-refractivity contribution in [1.82, 2.24) is 0 Å². The van der Waals surface area contributed by atoms with Gasteiger partial charge in [0.1, 0.15) is 0 Å². The summed E-state index contributed by atoms with van der Waals surface area (Å²) in [4.78, 5) is 0.278. The Labute approximate surface area is 96.2 Å². The van der Waals surface area contributed by atoms with Gasteiger partial charge in [0.05, 0.1) is 4.90 Å². The number of sulfone groups is 1. The fraction of sp³-hybridized carbons (Fsp3) is 0.455. The van der Waals surface area contributed by atoms with E-state index < -0.39 is 9.84 Å². The average Bonchev–Trinajstić information content (AvgIpc) is 2.05. The van der Waals surface area contributed by atoms with Crippen molar-refractivity contribution in [3.63, 3.8) is 0 Å². The molecule has 1 rings (SSSR count). The summed E-state index contributed by atoms with van der Waals surface area (Å²) in [6.45, 7) is 4.20. The van der Waals surface area contributed by atoms with Gasteiger partial charge < -0.3 is 0 Å². The van der Waals surface area contributed by atoms with Gasteiger partial charge in [-0.3, -0.25) is 0 Å². The van der Waals surface area contributed by atoms with E-state index in [4.69, 9.17) is 11.6 Å². The van der Waals surface area contributed by atoms with Crippen LogP contribution in [0, 0.1) is 5.92 Å². The molecule has 0 aliphatic carbocycles. The zero-order valence-corrected chi connectivity index (χ0v) is 10.7. The Hall–Kier alpha value is -0.540. The predicted octanol–water partition coefficient (Wildman–Crippen LogP) is 2.94. The van der Waals surface area contributed by atoms with Crippen molar-refractivity contribution in [2.24, 2.45) is 5.92 Å². The average molecular weight is 247 g/mol. The lowest BCUT2D eigenvalue weighted by Gasteiger charge is -2.08. The van der Waals surface area contributed by atoms with Crippen molar-refractivity contribution in [3.8, 4) is 0 Å². The highest BCUT2D eigenvalue weighted by Crippen LogP contribution is 2.23. The van der Waals surface area contributed by atoms with Crippen LogP contribution in [0.4, 0.5) is 0 Å². The SMILES string of the molecule is CC(C)Cc1ccc(S(C)(=O)=O)cc1Cl. The van der Waals surface area contributed by atoms with Crippen molar-refractivity contribution in [2.75, 3.05) is 6.26 Å². The Balaban J connectivity index is 3.09. The van der Waals surface area contributed by atoms with Gasteiger partial charge >= 0.3 is 0 Å². The molecule has 0 spiro atoms. The van der Waals surface area contributed by atoms with Gasteiger partial charge in [-0.05, 0) is 30.0 Å². The fourth-order valence-corrected chi connectivity index (χ4v) is 2.33. The Morgan fingerprint density at radius 1 is 1.33 bits per heavy atom. The van der Waals surface area contributed by atoms with Gasteiger partial charge in [-0.2, -0.15) is 0 Å². The van der Waals surface area contributed by atoms with E-state index in [9.17, 15) is 8.42 Å². The quantitative estimate of drug-likeness (QED) is 0.822. The molecule has 0 aliphatic rings. The second kappa shape index (κ2) is 4.54. The molecular weight excluding hydrogens is 232 g/mol. The summed E-state index contributed by atoms with van der Waals surface area (Å²) in [6, 6.07) is 4.92. The molecule has 1 aromatic carbocycles. The van der Waals surface area contributed by atoms with Crippen LogP contribution in [-0.2, 0) is 16.3 Å². The van der Waals surface area contributed by atoms with Gasteiger partial charge in [-0.25, -0.2) is 8.42 Å². The molecule has 0 saturated carbocycles. The van der Waals surface area contributed by atoms with E-state index in [1.165, 1.54) is 12.3 Å². The molecule has 4 heteroatoms. The lowest BCUT2D eigenvalue weighted by Crippen LogP contribution is -2.00. The summed E-state index contributed by atoms with van der Waals surface area (Å²) >= 11 is 6.02. The molecule has 0 radical (unpaired) electrons. The van der Waals surface area contributed by atoms with Crippen molar-refractivity contribution < 1.29 is 8.42 Å². The van der Waals surface area contributed by atoms with Crippen molar-refractivity contribution >= 4 is 21.4 Å². The highest BCUT2D eigenvalue weighted by Gasteiger charge is 2.10. The second-order valence-electron chi connectivity index (χ2n) is 4.12. The number of rotatable bonds is 3. The monoisotopic (exact) mass is 246 g/mol. The minimum absolute atomic E-state index is 0.278. The number of benzene rings is 1. The number of hydrogen-bond acceptors (Lipinski definition) is 2. The van der Waals surface area contributed by atoms with Crippen molar-refractivity contribution in [1.29, 1.82) is 0 Å². The zero-order chi connectivity index (χ0) is 11.6. The highest BCUT2D eigenvalue weighted by atomic mass is 35.5. The first-order valence-corrected chi connectivity index (χ1v) is 7.06. The molecule has 0 unspecified atom stereocenters. The van der Waals surface area contributed by atoms with Crippen LogP contribution in [0.5, 0.6) is 0 Å². The Bertz CT molecular complexity index is 450. The molecule has 0 N–H and O–H groups in total. The largest absolute Gasteiger partial charge is 0.224 e. The third-order valence-electron chi connectivity index (χ3n) is 2.08. The van der Waals surface area contributed by atoms with E-state index >= 15 is 0 Å². The first kappa shape index (κ1) is 12.5. The standard InChI is InChI=1S/C11H15ClO2S/c1-8(2)6-9-4-5-10(7-11(9)12)15(3,13)14/h4-5,7-8H,6H2,1-3H3.